The van der Waals surface area contributed by atoms with Crippen LogP contribution in [0.15, 0.2) is 18.2 Å². The van der Waals surface area contributed by atoms with Crippen LogP contribution in [-0.4, -0.2) is 36.3 Å². The summed E-state index contributed by atoms with van der Waals surface area (Å²) in [6, 6.07) is 5.01. The Bertz CT molecular complexity index is 423. The summed E-state index contributed by atoms with van der Waals surface area (Å²) in [7, 11) is 0. The summed E-state index contributed by atoms with van der Waals surface area (Å²) in [6.45, 7) is 5.16. The lowest BCUT2D eigenvalue weighted by atomic mass is 10.2. The molecule has 0 atom stereocenters. The molecule has 0 aliphatic rings. The van der Waals surface area contributed by atoms with Gasteiger partial charge in [0, 0.05) is 13.1 Å². The van der Waals surface area contributed by atoms with Gasteiger partial charge in [0.05, 0.1) is 18.1 Å². The van der Waals surface area contributed by atoms with E-state index in [-0.39, 0.29) is 18.0 Å². The van der Waals surface area contributed by atoms with E-state index in [4.69, 9.17) is 9.84 Å². The van der Waals surface area contributed by atoms with Crippen molar-refractivity contribution in [2.45, 2.75) is 20.3 Å². The number of nitro benzene ring substituents is 1. The predicted molar refractivity (Wildman–Crippen MR) is 73.9 cm³/mol. The maximum Gasteiger partial charge on any atom is 0.333 e. The molecule has 0 aliphatic carbocycles. The molecule has 106 valence electrons. The Labute approximate surface area is 112 Å². The Balaban J connectivity index is 3.18. The van der Waals surface area contributed by atoms with Gasteiger partial charge in [-0.2, -0.15) is 0 Å². The summed E-state index contributed by atoms with van der Waals surface area (Å²) in [5.74, 6) is 0.278. The van der Waals surface area contributed by atoms with Crippen LogP contribution in [0.25, 0.3) is 0 Å². The maximum atomic E-state index is 11.3. The van der Waals surface area contributed by atoms with Gasteiger partial charge in [0.25, 0.3) is 0 Å². The third-order valence-electron chi connectivity index (χ3n) is 2.71. The smallest absolute Gasteiger partial charge is 0.333 e. The lowest BCUT2D eigenvalue weighted by molar-refractivity contribution is -0.385. The van der Waals surface area contributed by atoms with Crippen LogP contribution in [-0.2, 0) is 0 Å². The average molecular weight is 268 g/mol. The van der Waals surface area contributed by atoms with Crippen LogP contribution >= 0.6 is 0 Å². The molecule has 0 aromatic heterocycles. The topological polar surface area (TPSA) is 75.8 Å². The number of ether oxygens (including phenoxy) is 1. The molecule has 0 fully saturated rings. The minimum atomic E-state index is -0.430. The van der Waals surface area contributed by atoms with Gasteiger partial charge >= 0.3 is 5.69 Å². The van der Waals surface area contributed by atoms with Crippen molar-refractivity contribution in [3.8, 4) is 5.75 Å². The molecule has 19 heavy (non-hydrogen) atoms. The van der Waals surface area contributed by atoms with E-state index in [1.54, 1.807) is 23.1 Å². The van der Waals surface area contributed by atoms with Crippen molar-refractivity contribution in [2.75, 3.05) is 31.2 Å². The van der Waals surface area contributed by atoms with Crippen LogP contribution in [0.4, 0.5) is 11.4 Å². The number of nitrogens with zero attached hydrogens (tertiary/aromatic N) is 2. The first-order valence-corrected chi connectivity index (χ1v) is 6.41. The van der Waals surface area contributed by atoms with Crippen molar-refractivity contribution in [1.29, 1.82) is 0 Å². The van der Waals surface area contributed by atoms with E-state index in [2.05, 4.69) is 0 Å². The van der Waals surface area contributed by atoms with Crippen LogP contribution < -0.4 is 9.64 Å². The van der Waals surface area contributed by atoms with Crippen LogP contribution in [0.1, 0.15) is 20.3 Å². The van der Waals surface area contributed by atoms with Gasteiger partial charge in [-0.15, -0.1) is 0 Å². The second-order valence-electron chi connectivity index (χ2n) is 4.03. The molecule has 0 bridgehead atoms. The molecule has 0 heterocycles. The number of nitro groups is 1. The first-order chi connectivity index (χ1) is 9.15. The zero-order chi connectivity index (χ0) is 14.3. The van der Waals surface area contributed by atoms with Gasteiger partial charge in [0.15, 0.2) is 5.75 Å². The second-order valence-corrected chi connectivity index (χ2v) is 4.03. The van der Waals surface area contributed by atoms with Gasteiger partial charge in [0.2, 0.25) is 0 Å². The molecule has 6 heteroatoms. The van der Waals surface area contributed by atoms with Gasteiger partial charge in [-0.05, 0) is 25.5 Å². The number of aliphatic hydroxyl groups is 1. The van der Waals surface area contributed by atoms with Crippen LogP contribution in [0.2, 0.25) is 0 Å². The van der Waals surface area contributed by atoms with Gasteiger partial charge in [-0.3, -0.25) is 10.1 Å². The molecule has 0 unspecified atom stereocenters. The zero-order valence-corrected chi connectivity index (χ0v) is 11.3. The largest absolute Gasteiger partial charge is 0.487 e. The van der Waals surface area contributed by atoms with Gasteiger partial charge in [0.1, 0.15) is 5.69 Å². The number of anilines is 1. The van der Waals surface area contributed by atoms with Crippen molar-refractivity contribution in [3.05, 3.63) is 28.3 Å². The normalized spacial score (nSPS) is 10.3. The predicted octanol–water partition coefficient (Wildman–Crippen LogP) is 2.20. The number of benzene rings is 1. The van der Waals surface area contributed by atoms with Crippen LogP contribution in [0.5, 0.6) is 5.75 Å². The molecule has 1 N–H and O–H groups in total. The van der Waals surface area contributed by atoms with Crippen molar-refractivity contribution in [1.82, 2.24) is 0 Å². The number of rotatable bonds is 8. The highest BCUT2D eigenvalue weighted by molar-refractivity contribution is 5.69. The fourth-order valence-corrected chi connectivity index (χ4v) is 1.85. The number of hydrogen-bond donors (Lipinski definition) is 1. The molecular weight excluding hydrogens is 248 g/mol. The highest BCUT2D eigenvalue weighted by atomic mass is 16.6. The molecule has 0 amide bonds. The molecule has 1 aromatic carbocycles. The van der Waals surface area contributed by atoms with Crippen molar-refractivity contribution < 1.29 is 14.8 Å². The first-order valence-electron chi connectivity index (χ1n) is 6.41. The van der Waals surface area contributed by atoms with Crippen molar-refractivity contribution >= 4 is 11.4 Å². The molecule has 0 spiro atoms. The standard InChI is InChI=1S/C13H20N2O4/c1-3-10-19-12-7-5-6-11(13(12)15(17)18)14(4-2)8-9-16/h5-7,16H,3-4,8-10H2,1-2H3. The number of hydrogen-bond acceptors (Lipinski definition) is 5. The number of aliphatic hydroxyl groups excluding tert-OH is 1. The Morgan fingerprint density at radius 2 is 2.16 bits per heavy atom. The molecule has 0 aliphatic heterocycles. The molecule has 0 saturated carbocycles. The van der Waals surface area contributed by atoms with Crippen molar-refractivity contribution in [3.63, 3.8) is 0 Å². The minimum Gasteiger partial charge on any atom is -0.487 e. The number of para-hydroxylation sites is 1. The SMILES string of the molecule is CCCOc1cccc(N(CC)CCO)c1[N+](=O)[O-]. The van der Waals surface area contributed by atoms with Gasteiger partial charge in [-0.25, -0.2) is 0 Å². The third kappa shape index (κ3) is 3.82. The summed E-state index contributed by atoms with van der Waals surface area (Å²) >= 11 is 0. The Hall–Kier alpha value is -1.82. The average Bonchev–Trinajstić information content (AvgIpc) is 2.41. The van der Waals surface area contributed by atoms with E-state index >= 15 is 0 Å². The Morgan fingerprint density at radius 3 is 2.68 bits per heavy atom. The third-order valence-corrected chi connectivity index (χ3v) is 2.71. The monoisotopic (exact) mass is 268 g/mol. The van der Waals surface area contributed by atoms with E-state index in [0.29, 0.717) is 25.4 Å². The van der Waals surface area contributed by atoms with E-state index in [0.717, 1.165) is 6.42 Å². The lowest BCUT2D eigenvalue weighted by Crippen LogP contribution is -2.27. The maximum absolute atomic E-state index is 11.3. The Morgan fingerprint density at radius 1 is 1.42 bits per heavy atom. The van der Waals surface area contributed by atoms with E-state index in [9.17, 15) is 10.1 Å². The highest BCUT2D eigenvalue weighted by Crippen LogP contribution is 2.37. The minimum absolute atomic E-state index is 0.0359. The van der Waals surface area contributed by atoms with Gasteiger partial charge in [-0.1, -0.05) is 13.0 Å². The highest BCUT2D eigenvalue weighted by Gasteiger charge is 2.24. The van der Waals surface area contributed by atoms with Crippen molar-refractivity contribution in [2.24, 2.45) is 0 Å². The van der Waals surface area contributed by atoms with E-state index in [1.165, 1.54) is 0 Å². The number of likely N-dealkylation sites (N-methyl/N-ethyl adjacent to an activating group) is 1. The first kappa shape index (κ1) is 15.2. The zero-order valence-electron chi connectivity index (χ0n) is 11.3. The van der Waals surface area contributed by atoms with Crippen LogP contribution in [0.3, 0.4) is 0 Å². The summed E-state index contributed by atoms with van der Waals surface area (Å²) in [6.07, 6.45) is 0.787. The van der Waals surface area contributed by atoms with Gasteiger partial charge < -0.3 is 14.7 Å². The summed E-state index contributed by atoms with van der Waals surface area (Å²) < 4.78 is 5.43. The van der Waals surface area contributed by atoms with Crippen LogP contribution in [0, 0.1) is 10.1 Å². The lowest BCUT2D eigenvalue weighted by Gasteiger charge is -2.22. The fraction of sp³-hybridized carbons (Fsp3) is 0.538. The molecule has 0 radical (unpaired) electrons. The molecule has 1 aromatic rings. The quantitative estimate of drug-likeness (QED) is 0.578. The Kier molecular flexibility index (Phi) is 6.08. The summed E-state index contributed by atoms with van der Waals surface area (Å²) in [5.41, 5.74) is 0.446. The second kappa shape index (κ2) is 7.58. The molecule has 0 saturated heterocycles. The molecule has 1 rings (SSSR count). The summed E-state index contributed by atoms with van der Waals surface area (Å²) in [5, 5.41) is 20.3. The van der Waals surface area contributed by atoms with E-state index in [1.807, 2.05) is 13.8 Å². The fourth-order valence-electron chi connectivity index (χ4n) is 1.85. The summed E-state index contributed by atoms with van der Waals surface area (Å²) in [4.78, 5) is 12.6. The molecular formula is C13H20N2O4. The van der Waals surface area contributed by atoms with E-state index < -0.39 is 4.92 Å². The molecule has 6 nitrogen and oxygen atoms in total.